The molecule has 2 aromatic rings. The number of amides is 1. The minimum atomic E-state index is -0.864. The number of fused-ring (bicyclic) bond motifs is 1. The lowest BCUT2D eigenvalue weighted by Gasteiger charge is -2.27. The van der Waals surface area contributed by atoms with Gasteiger partial charge in [0, 0.05) is 0 Å². The maximum Gasteiger partial charge on any atom is 0.338 e. The third-order valence-corrected chi connectivity index (χ3v) is 5.20. The van der Waals surface area contributed by atoms with Gasteiger partial charge in [-0.3, -0.25) is 4.79 Å². The molecule has 5 heteroatoms. The number of benzene rings is 2. The molecule has 2 atom stereocenters. The molecule has 0 saturated carbocycles. The average molecular weight is 395 g/mol. The maximum absolute atomic E-state index is 12.6. The van der Waals surface area contributed by atoms with Crippen LogP contribution in [-0.2, 0) is 16.0 Å². The molecular weight excluding hydrogens is 366 g/mol. The first kappa shape index (κ1) is 20.9. The number of nitrogens with one attached hydrogen (secondary N) is 1. The third-order valence-electron chi connectivity index (χ3n) is 5.20. The smallest absolute Gasteiger partial charge is 0.338 e. The molecule has 5 nitrogen and oxygen atoms in total. The van der Waals surface area contributed by atoms with Gasteiger partial charge in [0.05, 0.1) is 18.2 Å². The van der Waals surface area contributed by atoms with Crippen molar-refractivity contribution in [2.75, 3.05) is 6.61 Å². The summed E-state index contributed by atoms with van der Waals surface area (Å²) in [6.07, 6.45) is 4.15. The number of esters is 1. The lowest BCUT2D eigenvalue weighted by atomic mass is 9.87. The number of rotatable bonds is 8. The molecule has 3 rings (SSSR count). The van der Waals surface area contributed by atoms with E-state index in [0.717, 1.165) is 43.4 Å². The summed E-state index contributed by atoms with van der Waals surface area (Å²) < 4.78 is 11.0. The summed E-state index contributed by atoms with van der Waals surface area (Å²) in [6, 6.07) is 14.9. The van der Waals surface area contributed by atoms with Gasteiger partial charge in [0.2, 0.25) is 0 Å². The van der Waals surface area contributed by atoms with E-state index < -0.39 is 12.1 Å². The Bertz CT molecular complexity index is 831. The Morgan fingerprint density at radius 2 is 1.90 bits per heavy atom. The van der Waals surface area contributed by atoms with Crippen molar-refractivity contribution in [1.82, 2.24) is 5.32 Å². The van der Waals surface area contributed by atoms with Crippen LogP contribution in [0.1, 0.15) is 67.1 Å². The van der Waals surface area contributed by atoms with E-state index in [0.29, 0.717) is 12.2 Å². The fraction of sp³-hybridized carbons (Fsp3) is 0.417. The van der Waals surface area contributed by atoms with Gasteiger partial charge in [-0.15, -0.1) is 0 Å². The summed E-state index contributed by atoms with van der Waals surface area (Å²) in [5.41, 5.74) is 2.83. The number of carbonyl (C=O) groups excluding carboxylic acids is 2. The van der Waals surface area contributed by atoms with E-state index in [4.69, 9.17) is 9.47 Å². The molecule has 0 aliphatic heterocycles. The van der Waals surface area contributed by atoms with Crippen LogP contribution in [0.4, 0.5) is 0 Å². The highest BCUT2D eigenvalue weighted by atomic mass is 16.5. The molecule has 29 heavy (non-hydrogen) atoms. The molecule has 0 saturated heterocycles. The predicted molar refractivity (Wildman–Crippen MR) is 112 cm³/mol. The molecule has 0 bridgehead atoms. The summed E-state index contributed by atoms with van der Waals surface area (Å²) in [4.78, 5) is 25.0. The van der Waals surface area contributed by atoms with Crippen LogP contribution in [0.3, 0.4) is 0 Å². The van der Waals surface area contributed by atoms with Crippen molar-refractivity contribution in [2.24, 2.45) is 0 Å². The molecule has 1 aliphatic rings. The second-order valence-electron chi connectivity index (χ2n) is 7.43. The van der Waals surface area contributed by atoms with Gasteiger partial charge in [0.15, 0.2) is 6.10 Å². The molecule has 1 amide bonds. The average Bonchev–Trinajstić information content (AvgIpc) is 2.74. The molecule has 0 unspecified atom stereocenters. The molecular formula is C24H29NO4. The van der Waals surface area contributed by atoms with E-state index in [2.05, 4.69) is 24.4 Å². The van der Waals surface area contributed by atoms with Crippen molar-refractivity contribution in [1.29, 1.82) is 0 Å². The van der Waals surface area contributed by atoms with Gasteiger partial charge in [-0.1, -0.05) is 37.6 Å². The Morgan fingerprint density at radius 1 is 1.14 bits per heavy atom. The van der Waals surface area contributed by atoms with E-state index in [1.807, 2.05) is 12.1 Å². The summed E-state index contributed by atoms with van der Waals surface area (Å²) in [7, 11) is 0. The van der Waals surface area contributed by atoms with Crippen LogP contribution in [0.2, 0.25) is 0 Å². The fourth-order valence-electron chi connectivity index (χ4n) is 3.50. The van der Waals surface area contributed by atoms with Crippen LogP contribution >= 0.6 is 0 Å². The van der Waals surface area contributed by atoms with Gasteiger partial charge in [0.25, 0.3) is 5.91 Å². The molecule has 154 valence electrons. The Labute approximate surface area is 172 Å². The Morgan fingerprint density at radius 3 is 2.66 bits per heavy atom. The highest BCUT2D eigenvalue weighted by Crippen LogP contribution is 2.29. The molecule has 1 N–H and O–H groups in total. The van der Waals surface area contributed by atoms with E-state index in [1.54, 1.807) is 31.2 Å². The monoisotopic (exact) mass is 395 g/mol. The first-order chi connectivity index (χ1) is 14.1. The van der Waals surface area contributed by atoms with Crippen LogP contribution in [0.25, 0.3) is 0 Å². The van der Waals surface area contributed by atoms with Gasteiger partial charge in [0.1, 0.15) is 5.75 Å². The van der Waals surface area contributed by atoms with Crippen molar-refractivity contribution in [3.63, 3.8) is 0 Å². The first-order valence-electron chi connectivity index (χ1n) is 10.4. The summed E-state index contributed by atoms with van der Waals surface area (Å²) in [5.74, 6) is -0.0758. The van der Waals surface area contributed by atoms with Crippen molar-refractivity contribution in [3.8, 4) is 5.75 Å². The zero-order chi connectivity index (χ0) is 20.6. The summed E-state index contributed by atoms with van der Waals surface area (Å²) >= 11 is 0. The highest BCUT2D eigenvalue weighted by molar-refractivity contribution is 5.92. The zero-order valence-electron chi connectivity index (χ0n) is 17.1. The van der Waals surface area contributed by atoms with E-state index >= 15 is 0 Å². The Kier molecular flexibility index (Phi) is 7.28. The topological polar surface area (TPSA) is 64.6 Å². The lowest BCUT2D eigenvalue weighted by Crippen LogP contribution is -2.39. The van der Waals surface area contributed by atoms with Gasteiger partial charge < -0.3 is 14.8 Å². The number of hydrogen-bond donors (Lipinski definition) is 1. The van der Waals surface area contributed by atoms with Gasteiger partial charge in [-0.2, -0.15) is 0 Å². The van der Waals surface area contributed by atoms with Crippen LogP contribution in [-0.4, -0.2) is 24.6 Å². The molecule has 0 aromatic heterocycles. The molecule has 2 aromatic carbocycles. The van der Waals surface area contributed by atoms with Gasteiger partial charge >= 0.3 is 5.97 Å². The van der Waals surface area contributed by atoms with Gasteiger partial charge in [-0.25, -0.2) is 4.79 Å². The maximum atomic E-state index is 12.6. The van der Waals surface area contributed by atoms with Crippen molar-refractivity contribution in [2.45, 2.75) is 58.1 Å². The van der Waals surface area contributed by atoms with Crippen molar-refractivity contribution < 1.29 is 19.1 Å². The third kappa shape index (κ3) is 5.59. The standard InChI is InChI=1S/C24H29NO4/c1-3-4-16-28-20-14-12-19(13-15-20)24(27)29-17(2)23(26)25-22-11-7-9-18-8-5-6-10-21(18)22/h5-6,8,10,12-15,17,22H,3-4,7,9,11,16H2,1-2H3,(H,25,26)/t17-,22-/m0/s1. The minimum absolute atomic E-state index is 0.0341. The van der Waals surface area contributed by atoms with E-state index in [1.165, 1.54) is 5.56 Å². The number of ether oxygens (including phenoxy) is 2. The summed E-state index contributed by atoms with van der Waals surface area (Å²) in [5, 5.41) is 3.03. The van der Waals surface area contributed by atoms with Crippen LogP contribution in [0.15, 0.2) is 48.5 Å². The molecule has 0 heterocycles. The van der Waals surface area contributed by atoms with E-state index in [-0.39, 0.29) is 11.9 Å². The van der Waals surface area contributed by atoms with E-state index in [9.17, 15) is 9.59 Å². The lowest BCUT2D eigenvalue weighted by molar-refractivity contribution is -0.130. The highest BCUT2D eigenvalue weighted by Gasteiger charge is 2.25. The zero-order valence-corrected chi connectivity index (χ0v) is 17.1. The number of aryl methyl sites for hydroxylation is 1. The largest absolute Gasteiger partial charge is 0.494 e. The minimum Gasteiger partial charge on any atom is -0.494 e. The normalized spacial score (nSPS) is 16.4. The molecule has 0 spiro atoms. The molecule has 0 fully saturated rings. The molecule has 0 radical (unpaired) electrons. The quantitative estimate of drug-likeness (QED) is 0.524. The van der Waals surface area contributed by atoms with Crippen LogP contribution in [0.5, 0.6) is 5.75 Å². The number of unbranched alkanes of at least 4 members (excludes halogenated alkanes) is 1. The van der Waals surface area contributed by atoms with Crippen molar-refractivity contribution in [3.05, 3.63) is 65.2 Å². The molecule has 1 aliphatic carbocycles. The second-order valence-corrected chi connectivity index (χ2v) is 7.43. The Balaban J connectivity index is 1.54. The SMILES string of the molecule is CCCCOc1ccc(C(=O)O[C@@H](C)C(=O)N[C@H]2CCCc3ccccc32)cc1. The Hall–Kier alpha value is -2.82. The predicted octanol–water partition coefficient (Wildman–Crippen LogP) is 4.60. The number of hydrogen-bond acceptors (Lipinski definition) is 4. The second kappa shape index (κ2) is 10.1. The van der Waals surface area contributed by atoms with Crippen LogP contribution in [0, 0.1) is 0 Å². The fourth-order valence-corrected chi connectivity index (χ4v) is 3.50. The summed E-state index contributed by atoms with van der Waals surface area (Å²) in [6.45, 7) is 4.36. The van der Waals surface area contributed by atoms with Gasteiger partial charge in [-0.05, 0) is 68.0 Å². The van der Waals surface area contributed by atoms with Crippen LogP contribution < -0.4 is 10.1 Å². The number of carbonyl (C=O) groups is 2. The first-order valence-corrected chi connectivity index (χ1v) is 10.4. The van der Waals surface area contributed by atoms with Crippen molar-refractivity contribution >= 4 is 11.9 Å².